The molecule has 3 N–H and O–H groups in total. The first-order chi connectivity index (χ1) is 9.47. The van der Waals surface area contributed by atoms with Crippen molar-refractivity contribution in [1.82, 2.24) is 10.2 Å². The van der Waals surface area contributed by atoms with Crippen LogP contribution in [0.2, 0.25) is 0 Å². The summed E-state index contributed by atoms with van der Waals surface area (Å²) in [4.78, 5) is 13.1. The van der Waals surface area contributed by atoms with Gasteiger partial charge in [-0.3, -0.25) is 4.79 Å². The summed E-state index contributed by atoms with van der Waals surface area (Å²) in [5.74, 6) is 0.298. The van der Waals surface area contributed by atoms with E-state index < -0.39 is 0 Å². The number of piperidine rings is 1. The molecule has 20 heavy (non-hydrogen) atoms. The molecule has 1 fully saturated rings. The molecule has 0 aromatic heterocycles. The maximum absolute atomic E-state index is 11.3. The third-order valence-corrected chi connectivity index (χ3v) is 3.91. The minimum Gasteiger partial charge on any atom is -0.508 e. The lowest BCUT2D eigenvalue weighted by Gasteiger charge is -2.33. The SMILES string of the molecule is CC(=O)N1CCC(NC(C)c2ccc(O)cc2O)CC1. The largest absolute Gasteiger partial charge is 0.508 e. The average Bonchev–Trinajstić information content (AvgIpc) is 2.39. The molecule has 2 rings (SSSR count). The number of rotatable bonds is 3. The Labute approximate surface area is 119 Å². The maximum atomic E-state index is 11.3. The highest BCUT2D eigenvalue weighted by molar-refractivity contribution is 5.73. The summed E-state index contributed by atoms with van der Waals surface area (Å²) in [7, 11) is 0. The van der Waals surface area contributed by atoms with Gasteiger partial charge in [-0.25, -0.2) is 0 Å². The molecule has 1 aromatic carbocycles. The Balaban J connectivity index is 1.92. The molecule has 0 radical (unpaired) electrons. The molecule has 0 spiro atoms. The summed E-state index contributed by atoms with van der Waals surface area (Å²) in [6, 6.07) is 5.00. The molecule has 0 aliphatic carbocycles. The van der Waals surface area contributed by atoms with Gasteiger partial charge in [-0.15, -0.1) is 0 Å². The Morgan fingerprint density at radius 1 is 1.35 bits per heavy atom. The van der Waals surface area contributed by atoms with E-state index in [-0.39, 0.29) is 23.4 Å². The number of phenols is 2. The number of phenolic OH excluding ortho intramolecular Hbond substituents is 2. The first kappa shape index (κ1) is 14.7. The number of hydrogen-bond donors (Lipinski definition) is 3. The number of nitrogens with one attached hydrogen (secondary N) is 1. The van der Waals surface area contributed by atoms with E-state index in [1.165, 1.54) is 6.07 Å². The van der Waals surface area contributed by atoms with E-state index in [9.17, 15) is 15.0 Å². The van der Waals surface area contributed by atoms with Gasteiger partial charge in [-0.1, -0.05) is 6.07 Å². The third-order valence-electron chi connectivity index (χ3n) is 3.91. The predicted octanol–water partition coefficient (Wildman–Crippen LogP) is 1.76. The second kappa shape index (κ2) is 6.13. The van der Waals surface area contributed by atoms with Gasteiger partial charge in [-0.05, 0) is 25.8 Å². The molecule has 1 aromatic rings. The molecule has 1 heterocycles. The van der Waals surface area contributed by atoms with E-state index >= 15 is 0 Å². The highest BCUT2D eigenvalue weighted by Gasteiger charge is 2.22. The Kier molecular flexibility index (Phi) is 4.49. The number of carbonyl (C=O) groups excluding carboxylic acids is 1. The summed E-state index contributed by atoms with van der Waals surface area (Å²) in [6.45, 7) is 5.15. The van der Waals surface area contributed by atoms with Crippen molar-refractivity contribution < 1.29 is 15.0 Å². The van der Waals surface area contributed by atoms with Crippen molar-refractivity contribution in [3.05, 3.63) is 23.8 Å². The van der Waals surface area contributed by atoms with Crippen LogP contribution < -0.4 is 5.32 Å². The number of nitrogens with zero attached hydrogens (tertiary/aromatic N) is 1. The monoisotopic (exact) mass is 278 g/mol. The Morgan fingerprint density at radius 2 is 2.00 bits per heavy atom. The maximum Gasteiger partial charge on any atom is 0.219 e. The molecule has 5 nitrogen and oxygen atoms in total. The molecule has 1 aliphatic rings. The standard InChI is InChI=1S/C15H22N2O3/c1-10(14-4-3-13(19)9-15(14)20)16-12-5-7-17(8-6-12)11(2)18/h3-4,9-10,12,16,19-20H,5-8H2,1-2H3. The molecular formula is C15H22N2O3. The fourth-order valence-corrected chi connectivity index (χ4v) is 2.70. The molecule has 1 unspecified atom stereocenters. The average molecular weight is 278 g/mol. The van der Waals surface area contributed by atoms with E-state index in [0.29, 0.717) is 6.04 Å². The van der Waals surface area contributed by atoms with Gasteiger partial charge in [0.1, 0.15) is 11.5 Å². The second-order valence-corrected chi connectivity index (χ2v) is 5.41. The summed E-state index contributed by atoms with van der Waals surface area (Å²) < 4.78 is 0. The predicted molar refractivity (Wildman–Crippen MR) is 76.6 cm³/mol. The van der Waals surface area contributed by atoms with Crippen molar-refractivity contribution in [2.75, 3.05) is 13.1 Å². The van der Waals surface area contributed by atoms with Crippen LogP contribution >= 0.6 is 0 Å². The van der Waals surface area contributed by atoms with Gasteiger partial charge in [0.25, 0.3) is 0 Å². The molecule has 110 valence electrons. The van der Waals surface area contributed by atoms with Gasteiger partial charge in [0, 0.05) is 43.7 Å². The zero-order chi connectivity index (χ0) is 14.7. The Bertz CT molecular complexity index is 482. The highest BCUT2D eigenvalue weighted by Crippen LogP contribution is 2.28. The van der Waals surface area contributed by atoms with Crippen LogP contribution in [0.1, 0.15) is 38.3 Å². The van der Waals surface area contributed by atoms with Crippen molar-refractivity contribution in [3.8, 4) is 11.5 Å². The number of likely N-dealkylation sites (tertiary alicyclic amines) is 1. The van der Waals surface area contributed by atoms with E-state index in [4.69, 9.17) is 0 Å². The smallest absolute Gasteiger partial charge is 0.219 e. The molecule has 1 amide bonds. The van der Waals surface area contributed by atoms with Crippen molar-refractivity contribution in [2.45, 2.75) is 38.8 Å². The molecule has 5 heteroatoms. The number of amides is 1. The minimum absolute atomic E-state index is 0.00415. The first-order valence-corrected chi connectivity index (χ1v) is 7.01. The summed E-state index contributed by atoms with van der Waals surface area (Å²) in [5.41, 5.74) is 0.775. The van der Waals surface area contributed by atoms with Crippen molar-refractivity contribution in [3.63, 3.8) is 0 Å². The minimum atomic E-state index is 0.00415. The second-order valence-electron chi connectivity index (χ2n) is 5.41. The third kappa shape index (κ3) is 3.42. The van der Waals surface area contributed by atoms with Crippen LogP contribution in [0.25, 0.3) is 0 Å². The van der Waals surface area contributed by atoms with Gasteiger partial charge < -0.3 is 20.4 Å². The van der Waals surface area contributed by atoms with Crippen LogP contribution in [-0.4, -0.2) is 40.2 Å². The van der Waals surface area contributed by atoms with Gasteiger partial charge in [-0.2, -0.15) is 0 Å². The molecule has 0 saturated carbocycles. The topological polar surface area (TPSA) is 72.8 Å². The summed E-state index contributed by atoms with van der Waals surface area (Å²) in [5, 5.41) is 22.6. The first-order valence-electron chi connectivity index (χ1n) is 7.01. The van der Waals surface area contributed by atoms with Crippen LogP contribution in [0.5, 0.6) is 11.5 Å². The van der Waals surface area contributed by atoms with Crippen LogP contribution in [0.15, 0.2) is 18.2 Å². The van der Waals surface area contributed by atoms with Gasteiger partial charge in [0.05, 0.1) is 0 Å². The summed E-state index contributed by atoms with van der Waals surface area (Å²) >= 11 is 0. The normalized spacial score (nSPS) is 18.0. The number of benzene rings is 1. The Hall–Kier alpha value is -1.75. The van der Waals surface area contributed by atoms with Gasteiger partial charge >= 0.3 is 0 Å². The lowest BCUT2D eigenvalue weighted by atomic mass is 10.0. The number of hydrogen-bond acceptors (Lipinski definition) is 4. The highest BCUT2D eigenvalue weighted by atomic mass is 16.3. The van der Waals surface area contributed by atoms with Gasteiger partial charge in [0.15, 0.2) is 0 Å². The number of aromatic hydroxyl groups is 2. The van der Waals surface area contributed by atoms with E-state index in [1.807, 2.05) is 11.8 Å². The molecule has 1 aliphatic heterocycles. The van der Waals surface area contributed by atoms with E-state index in [0.717, 1.165) is 31.5 Å². The zero-order valence-corrected chi connectivity index (χ0v) is 12.0. The van der Waals surface area contributed by atoms with E-state index in [1.54, 1.807) is 19.1 Å². The molecule has 1 atom stereocenters. The van der Waals surface area contributed by atoms with Crippen LogP contribution in [0.4, 0.5) is 0 Å². The van der Waals surface area contributed by atoms with Crippen molar-refractivity contribution >= 4 is 5.91 Å². The molecule has 0 bridgehead atoms. The fraction of sp³-hybridized carbons (Fsp3) is 0.533. The lowest BCUT2D eigenvalue weighted by Crippen LogP contribution is -2.44. The quantitative estimate of drug-likeness (QED) is 0.787. The van der Waals surface area contributed by atoms with Crippen LogP contribution in [0, 0.1) is 0 Å². The lowest BCUT2D eigenvalue weighted by molar-refractivity contribution is -0.129. The van der Waals surface area contributed by atoms with Gasteiger partial charge in [0.2, 0.25) is 5.91 Å². The van der Waals surface area contributed by atoms with E-state index in [2.05, 4.69) is 5.32 Å². The fourth-order valence-electron chi connectivity index (χ4n) is 2.70. The molecule has 1 saturated heterocycles. The summed E-state index contributed by atoms with van der Waals surface area (Å²) in [6.07, 6.45) is 1.84. The number of carbonyl (C=O) groups is 1. The van der Waals surface area contributed by atoms with Crippen LogP contribution in [0.3, 0.4) is 0 Å². The Morgan fingerprint density at radius 3 is 2.55 bits per heavy atom. The molecular weight excluding hydrogens is 256 g/mol. The van der Waals surface area contributed by atoms with Crippen LogP contribution in [-0.2, 0) is 4.79 Å². The van der Waals surface area contributed by atoms with Crippen molar-refractivity contribution in [1.29, 1.82) is 0 Å². The zero-order valence-electron chi connectivity index (χ0n) is 12.0. The van der Waals surface area contributed by atoms with Crippen molar-refractivity contribution in [2.24, 2.45) is 0 Å².